The summed E-state index contributed by atoms with van der Waals surface area (Å²) < 4.78 is 0.873. The van der Waals surface area contributed by atoms with Crippen LogP contribution in [0.3, 0.4) is 0 Å². The van der Waals surface area contributed by atoms with E-state index < -0.39 is 0 Å². The van der Waals surface area contributed by atoms with Crippen molar-refractivity contribution < 1.29 is 4.79 Å². The lowest BCUT2D eigenvalue weighted by molar-refractivity contribution is 0.0974. The number of Topliss-reactive ketones (excluding diaryl/α,β-unsaturated/α-hetero) is 1. The molecule has 1 aromatic rings. The summed E-state index contributed by atoms with van der Waals surface area (Å²) >= 11 is 3.34. The summed E-state index contributed by atoms with van der Waals surface area (Å²) in [6.45, 7) is 2.17. The molecule has 1 heterocycles. The first kappa shape index (κ1) is 11.5. The minimum atomic E-state index is 0.206. The molecule has 0 saturated carbocycles. The summed E-state index contributed by atoms with van der Waals surface area (Å²) in [6, 6.07) is 1.86. The van der Waals surface area contributed by atoms with Gasteiger partial charge in [0, 0.05) is 17.1 Å². The van der Waals surface area contributed by atoms with Gasteiger partial charge in [0.2, 0.25) is 0 Å². The minimum Gasteiger partial charge on any atom is -0.358 e. The molecule has 1 N–H and O–H groups in total. The van der Waals surface area contributed by atoms with Crippen molar-refractivity contribution >= 4 is 21.7 Å². The first-order valence-electron chi connectivity index (χ1n) is 5.11. The first-order chi connectivity index (χ1) is 6.75. The molecule has 14 heavy (non-hydrogen) atoms. The van der Waals surface area contributed by atoms with Gasteiger partial charge < -0.3 is 4.98 Å². The van der Waals surface area contributed by atoms with Gasteiger partial charge in [-0.25, -0.2) is 0 Å². The summed E-state index contributed by atoms with van der Waals surface area (Å²) in [6.07, 6.45) is 7.01. The first-order valence-corrected chi connectivity index (χ1v) is 5.91. The molecule has 0 aliphatic carbocycles. The van der Waals surface area contributed by atoms with E-state index in [4.69, 9.17) is 0 Å². The highest BCUT2D eigenvalue weighted by molar-refractivity contribution is 9.10. The van der Waals surface area contributed by atoms with Crippen molar-refractivity contribution in [2.45, 2.75) is 39.0 Å². The molecule has 1 rings (SSSR count). The van der Waals surface area contributed by atoms with Crippen LogP contribution >= 0.6 is 15.9 Å². The van der Waals surface area contributed by atoms with Crippen LogP contribution in [0.15, 0.2) is 16.7 Å². The molecular formula is C11H16BrNO. The molecule has 0 bridgehead atoms. The van der Waals surface area contributed by atoms with Crippen LogP contribution in [0, 0.1) is 0 Å². The van der Waals surface area contributed by atoms with Gasteiger partial charge in [0.25, 0.3) is 0 Å². The van der Waals surface area contributed by atoms with Crippen LogP contribution in [0.2, 0.25) is 0 Å². The van der Waals surface area contributed by atoms with E-state index in [0.29, 0.717) is 12.1 Å². The Morgan fingerprint density at radius 1 is 1.43 bits per heavy atom. The van der Waals surface area contributed by atoms with Gasteiger partial charge in [-0.15, -0.1) is 0 Å². The molecule has 0 fully saturated rings. The molecule has 0 radical (unpaired) electrons. The summed E-state index contributed by atoms with van der Waals surface area (Å²) in [5.41, 5.74) is 0.710. The third-order valence-corrected chi connectivity index (χ3v) is 2.89. The average Bonchev–Trinajstić information content (AvgIpc) is 2.59. The number of halogens is 1. The molecule has 0 saturated heterocycles. The Morgan fingerprint density at radius 3 is 2.79 bits per heavy atom. The van der Waals surface area contributed by atoms with Crippen molar-refractivity contribution in [3.8, 4) is 0 Å². The van der Waals surface area contributed by atoms with Gasteiger partial charge >= 0.3 is 0 Å². The van der Waals surface area contributed by atoms with Gasteiger partial charge in [0.05, 0.1) is 5.69 Å². The molecule has 0 unspecified atom stereocenters. The number of aromatic nitrogens is 1. The van der Waals surface area contributed by atoms with Gasteiger partial charge in [-0.3, -0.25) is 4.79 Å². The number of carbonyl (C=O) groups excluding carboxylic acids is 1. The maximum absolute atomic E-state index is 11.6. The van der Waals surface area contributed by atoms with Crippen molar-refractivity contribution in [2.24, 2.45) is 0 Å². The molecule has 0 spiro atoms. The fourth-order valence-electron chi connectivity index (χ4n) is 1.40. The monoisotopic (exact) mass is 257 g/mol. The zero-order valence-electron chi connectivity index (χ0n) is 8.48. The molecule has 0 amide bonds. The second kappa shape index (κ2) is 6.02. The van der Waals surface area contributed by atoms with E-state index in [-0.39, 0.29) is 5.78 Å². The molecule has 0 aliphatic heterocycles. The third kappa shape index (κ3) is 3.29. The lowest BCUT2D eigenvalue weighted by atomic mass is 10.1. The summed E-state index contributed by atoms with van der Waals surface area (Å²) in [4.78, 5) is 14.6. The zero-order chi connectivity index (χ0) is 10.4. The van der Waals surface area contributed by atoms with Gasteiger partial charge in [-0.2, -0.15) is 0 Å². The highest BCUT2D eigenvalue weighted by Crippen LogP contribution is 2.17. The highest BCUT2D eigenvalue weighted by Gasteiger charge is 2.09. The average molecular weight is 258 g/mol. The van der Waals surface area contributed by atoms with Crippen molar-refractivity contribution in [1.29, 1.82) is 0 Å². The van der Waals surface area contributed by atoms with E-state index >= 15 is 0 Å². The largest absolute Gasteiger partial charge is 0.358 e. The summed E-state index contributed by atoms with van der Waals surface area (Å²) in [7, 11) is 0. The SMILES string of the molecule is CCCCCCC(=O)c1[nH]ccc1Br. The predicted octanol–water partition coefficient (Wildman–Crippen LogP) is 3.93. The van der Waals surface area contributed by atoms with Crippen LogP contribution in [0.25, 0.3) is 0 Å². The zero-order valence-corrected chi connectivity index (χ0v) is 10.1. The maximum atomic E-state index is 11.6. The van der Waals surface area contributed by atoms with Crippen molar-refractivity contribution in [1.82, 2.24) is 4.98 Å². The number of hydrogen-bond acceptors (Lipinski definition) is 1. The number of ketones is 1. The Labute approximate surface area is 93.2 Å². The number of carbonyl (C=O) groups is 1. The number of H-pyrrole nitrogens is 1. The van der Waals surface area contributed by atoms with E-state index in [0.717, 1.165) is 17.3 Å². The molecule has 0 aromatic carbocycles. The molecule has 0 aliphatic rings. The van der Waals surface area contributed by atoms with Gasteiger partial charge in [-0.1, -0.05) is 26.2 Å². The topological polar surface area (TPSA) is 32.9 Å². The van der Waals surface area contributed by atoms with E-state index in [1.54, 1.807) is 6.20 Å². The molecular weight excluding hydrogens is 242 g/mol. The van der Waals surface area contributed by atoms with E-state index in [1.165, 1.54) is 12.8 Å². The second-order valence-electron chi connectivity index (χ2n) is 3.43. The number of hydrogen-bond donors (Lipinski definition) is 1. The fourth-order valence-corrected chi connectivity index (χ4v) is 1.87. The van der Waals surface area contributed by atoms with Crippen molar-refractivity contribution in [3.05, 3.63) is 22.4 Å². The Kier molecular flexibility index (Phi) is 4.94. The van der Waals surface area contributed by atoms with E-state index in [9.17, 15) is 4.79 Å². The highest BCUT2D eigenvalue weighted by atomic mass is 79.9. The van der Waals surface area contributed by atoms with Gasteiger partial charge in [0.15, 0.2) is 5.78 Å². The smallest absolute Gasteiger partial charge is 0.180 e. The number of rotatable bonds is 6. The van der Waals surface area contributed by atoms with Crippen molar-refractivity contribution in [3.63, 3.8) is 0 Å². The fraction of sp³-hybridized carbons (Fsp3) is 0.545. The quantitative estimate of drug-likeness (QED) is 0.608. The Bertz CT molecular complexity index is 293. The normalized spacial score (nSPS) is 10.4. The lowest BCUT2D eigenvalue weighted by Crippen LogP contribution is -1.99. The maximum Gasteiger partial charge on any atom is 0.180 e. The van der Waals surface area contributed by atoms with Gasteiger partial charge in [-0.05, 0) is 28.4 Å². The lowest BCUT2D eigenvalue weighted by Gasteiger charge is -1.99. The minimum absolute atomic E-state index is 0.206. The molecule has 0 atom stereocenters. The standard InChI is InChI=1S/C11H16BrNO/c1-2-3-4-5-6-10(14)11-9(12)7-8-13-11/h7-8,13H,2-6H2,1H3. The van der Waals surface area contributed by atoms with Crippen LogP contribution < -0.4 is 0 Å². The Morgan fingerprint density at radius 2 is 2.21 bits per heavy atom. The molecule has 2 nitrogen and oxygen atoms in total. The van der Waals surface area contributed by atoms with E-state index in [1.807, 2.05) is 6.07 Å². The number of unbranched alkanes of at least 4 members (excludes halogenated alkanes) is 3. The second-order valence-corrected chi connectivity index (χ2v) is 4.29. The van der Waals surface area contributed by atoms with Crippen molar-refractivity contribution in [2.75, 3.05) is 0 Å². The van der Waals surface area contributed by atoms with Gasteiger partial charge in [0.1, 0.15) is 0 Å². The van der Waals surface area contributed by atoms with Crippen LogP contribution in [0.4, 0.5) is 0 Å². The predicted molar refractivity (Wildman–Crippen MR) is 61.6 cm³/mol. The van der Waals surface area contributed by atoms with Crippen LogP contribution in [0.1, 0.15) is 49.5 Å². The molecule has 78 valence electrons. The number of aromatic amines is 1. The van der Waals surface area contributed by atoms with Crippen LogP contribution in [-0.2, 0) is 0 Å². The van der Waals surface area contributed by atoms with E-state index in [2.05, 4.69) is 27.8 Å². The third-order valence-electron chi connectivity index (χ3n) is 2.23. The van der Waals surface area contributed by atoms with Crippen LogP contribution in [-0.4, -0.2) is 10.8 Å². The van der Waals surface area contributed by atoms with Crippen LogP contribution in [0.5, 0.6) is 0 Å². The summed E-state index contributed by atoms with van der Waals surface area (Å²) in [5, 5.41) is 0. The number of nitrogens with one attached hydrogen (secondary N) is 1. The summed E-state index contributed by atoms with van der Waals surface area (Å²) in [5.74, 6) is 0.206. The Balaban J connectivity index is 2.32. The Hall–Kier alpha value is -0.570. The molecule has 3 heteroatoms. The molecule has 1 aromatic heterocycles.